The quantitative estimate of drug-likeness (QED) is 0.869. The third kappa shape index (κ3) is 3.91. The zero-order valence-electron chi connectivity index (χ0n) is 10.1. The van der Waals surface area contributed by atoms with Crippen molar-refractivity contribution in [3.63, 3.8) is 0 Å². The Morgan fingerprint density at radius 2 is 2.06 bits per heavy atom. The molecule has 0 aliphatic heterocycles. The second kappa shape index (κ2) is 4.94. The van der Waals surface area contributed by atoms with Gasteiger partial charge >= 0.3 is 0 Å². The Kier molecular flexibility index (Phi) is 4.01. The summed E-state index contributed by atoms with van der Waals surface area (Å²) in [5.41, 5.74) is -0.579. The predicted octanol–water partition coefficient (Wildman–Crippen LogP) is 1.89. The van der Waals surface area contributed by atoms with Gasteiger partial charge in [0.2, 0.25) is 0 Å². The van der Waals surface area contributed by atoms with E-state index in [1.54, 1.807) is 20.9 Å². The number of likely N-dealkylation sites (N-methyl/N-ethyl adjacent to an activating group) is 1. The van der Waals surface area contributed by atoms with Gasteiger partial charge in [-0.3, -0.25) is 4.79 Å². The molecule has 0 bridgehead atoms. The maximum atomic E-state index is 12.0. The zero-order chi connectivity index (χ0) is 13.2. The van der Waals surface area contributed by atoms with Gasteiger partial charge in [0.25, 0.3) is 5.91 Å². The van der Waals surface area contributed by atoms with Crippen LogP contribution in [0.1, 0.15) is 24.2 Å². The van der Waals surface area contributed by atoms with Gasteiger partial charge in [0.1, 0.15) is 5.75 Å². The Morgan fingerprint density at radius 1 is 1.47 bits per heavy atom. The molecule has 0 heterocycles. The van der Waals surface area contributed by atoms with Gasteiger partial charge in [-0.05, 0) is 32.0 Å². The number of hydrogen-bond acceptors (Lipinski definition) is 3. The smallest absolute Gasteiger partial charge is 0.253 e. The van der Waals surface area contributed by atoms with E-state index in [0.29, 0.717) is 5.56 Å². The Labute approximate surface area is 105 Å². The third-order valence-corrected chi connectivity index (χ3v) is 2.47. The van der Waals surface area contributed by atoms with Gasteiger partial charge in [0, 0.05) is 19.2 Å². The normalized spacial score (nSPS) is 11.4. The van der Waals surface area contributed by atoms with Crippen LogP contribution in [-0.4, -0.2) is 40.2 Å². The Bertz CT molecular complexity index is 426. The first kappa shape index (κ1) is 13.8. The predicted molar refractivity (Wildman–Crippen MR) is 66.4 cm³/mol. The fraction of sp³-hybridized carbons (Fsp3) is 0.417. The highest BCUT2D eigenvalue weighted by Crippen LogP contribution is 2.24. The van der Waals surface area contributed by atoms with Crippen LogP contribution >= 0.6 is 11.6 Å². The van der Waals surface area contributed by atoms with Crippen molar-refractivity contribution in [1.82, 2.24) is 4.90 Å². The minimum Gasteiger partial charge on any atom is -0.506 e. The summed E-state index contributed by atoms with van der Waals surface area (Å²) in [5.74, 6) is -0.317. The number of phenols is 1. The molecule has 1 aromatic rings. The van der Waals surface area contributed by atoms with Crippen molar-refractivity contribution in [1.29, 1.82) is 0 Å². The van der Waals surface area contributed by atoms with Crippen LogP contribution in [0.4, 0.5) is 0 Å². The van der Waals surface area contributed by atoms with Crippen LogP contribution in [0.15, 0.2) is 18.2 Å². The Hall–Kier alpha value is -1.26. The molecule has 94 valence electrons. The lowest BCUT2D eigenvalue weighted by molar-refractivity contribution is 0.0368. The van der Waals surface area contributed by atoms with Gasteiger partial charge in [0.05, 0.1) is 10.6 Å². The summed E-state index contributed by atoms with van der Waals surface area (Å²) in [6.07, 6.45) is 0. The average Bonchev–Trinajstić information content (AvgIpc) is 2.18. The summed E-state index contributed by atoms with van der Waals surface area (Å²) in [6, 6.07) is 4.26. The van der Waals surface area contributed by atoms with E-state index in [0.717, 1.165) is 0 Å². The Balaban J connectivity index is 2.85. The van der Waals surface area contributed by atoms with Crippen LogP contribution in [0, 0.1) is 0 Å². The van der Waals surface area contributed by atoms with E-state index in [4.69, 9.17) is 11.6 Å². The fourth-order valence-corrected chi connectivity index (χ4v) is 1.69. The molecule has 1 rings (SSSR count). The van der Waals surface area contributed by atoms with E-state index in [1.807, 2.05) is 0 Å². The lowest BCUT2D eigenvalue weighted by Gasteiger charge is -2.25. The summed E-state index contributed by atoms with van der Waals surface area (Å²) >= 11 is 5.73. The van der Waals surface area contributed by atoms with Gasteiger partial charge in [-0.25, -0.2) is 0 Å². The van der Waals surface area contributed by atoms with Crippen molar-refractivity contribution in [2.45, 2.75) is 19.4 Å². The molecule has 0 atom stereocenters. The summed E-state index contributed by atoms with van der Waals surface area (Å²) in [7, 11) is 1.60. The molecular weight excluding hydrogens is 242 g/mol. The van der Waals surface area contributed by atoms with Crippen molar-refractivity contribution in [2.75, 3.05) is 13.6 Å². The van der Waals surface area contributed by atoms with E-state index >= 15 is 0 Å². The molecule has 0 saturated heterocycles. The molecule has 0 radical (unpaired) electrons. The fourth-order valence-electron chi connectivity index (χ4n) is 1.51. The van der Waals surface area contributed by atoms with Crippen molar-refractivity contribution < 1.29 is 15.0 Å². The number of benzene rings is 1. The first-order chi connectivity index (χ1) is 7.70. The van der Waals surface area contributed by atoms with Gasteiger partial charge in [-0.15, -0.1) is 0 Å². The van der Waals surface area contributed by atoms with Crippen molar-refractivity contribution in [2.24, 2.45) is 0 Å². The lowest BCUT2D eigenvalue weighted by atomic mass is 10.1. The molecule has 0 spiro atoms. The second-order valence-corrected chi connectivity index (χ2v) is 5.05. The zero-order valence-corrected chi connectivity index (χ0v) is 10.8. The molecule has 4 nitrogen and oxygen atoms in total. The average molecular weight is 258 g/mol. The Morgan fingerprint density at radius 3 is 2.53 bits per heavy atom. The van der Waals surface area contributed by atoms with Gasteiger partial charge in [-0.2, -0.15) is 0 Å². The minimum absolute atomic E-state index is 0.0617. The topological polar surface area (TPSA) is 60.8 Å². The van der Waals surface area contributed by atoms with Crippen LogP contribution in [-0.2, 0) is 0 Å². The molecule has 0 saturated carbocycles. The number of rotatable bonds is 3. The SMILES string of the molecule is CN(CC(C)(C)O)C(=O)c1ccc(O)c(Cl)c1. The molecule has 0 aliphatic rings. The number of phenolic OH excluding ortho intramolecular Hbond substituents is 1. The van der Waals surface area contributed by atoms with Crippen molar-refractivity contribution >= 4 is 17.5 Å². The molecular formula is C12H16ClNO3. The number of carbonyl (C=O) groups is 1. The van der Waals surface area contributed by atoms with Crippen LogP contribution in [0.5, 0.6) is 5.75 Å². The molecule has 2 N–H and O–H groups in total. The van der Waals surface area contributed by atoms with E-state index in [-0.39, 0.29) is 23.2 Å². The van der Waals surface area contributed by atoms with Gasteiger partial charge < -0.3 is 15.1 Å². The number of aliphatic hydroxyl groups is 1. The van der Waals surface area contributed by atoms with Crippen LogP contribution in [0.25, 0.3) is 0 Å². The van der Waals surface area contributed by atoms with Crippen LogP contribution in [0.2, 0.25) is 5.02 Å². The largest absolute Gasteiger partial charge is 0.506 e. The van der Waals surface area contributed by atoms with E-state index in [9.17, 15) is 15.0 Å². The monoisotopic (exact) mass is 257 g/mol. The highest BCUT2D eigenvalue weighted by atomic mass is 35.5. The number of nitrogens with zero attached hydrogens (tertiary/aromatic N) is 1. The third-order valence-electron chi connectivity index (χ3n) is 2.17. The number of hydrogen-bond donors (Lipinski definition) is 2. The highest BCUT2D eigenvalue weighted by Gasteiger charge is 2.20. The molecule has 5 heteroatoms. The number of aromatic hydroxyl groups is 1. The second-order valence-electron chi connectivity index (χ2n) is 4.64. The standard InChI is InChI=1S/C12H16ClNO3/c1-12(2,17)7-14(3)11(16)8-4-5-10(15)9(13)6-8/h4-6,15,17H,7H2,1-3H3. The molecule has 0 fully saturated rings. The molecule has 1 amide bonds. The molecule has 0 aliphatic carbocycles. The summed E-state index contributed by atoms with van der Waals surface area (Å²) < 4.78 is 0. The number of amides is 1. The van der Waals surface area contributed by atoms with Crippen LogP contribution in [0.3, 0.4) is 0 Å². The number of halogens is 1. The van der Waals surface area contributed by atoms with Crippen molar-refractivity contribution in [3.05, 3.63) is 28.8 Å². The summed E-state index contributed by atoms with van der Waals surface area (Å²) in [6.45, 7) is 3.46. The highest BCUT2D eigenvalue weighted by molar-refractivity contribution is 6.32. The summed E-state index contributed by atoms with van der Waals surface area (Å²) in [4.78, 5) is 13.4. The molecule has 1 aromatic carbocycles. The van der Waals surface area contributed by atoms with E-state index < -0.39 is 5.60 Å². The van der Waals surface area contributed by atoms with Gasteiger partial charge in [-0.1, -0.05) is 11.6 Å². The van der Waals surface area contributed by atoms with E-state index in [1.165, 1.54) is 23.1 Å². The molecule has 17 heavy (non-hydrogen) atoms. The maximum absolute atomic E-state index is 12.0. The molecule has 0 aromatic heterocycles. The first-order valence-corrected chi connectivity index (χ1v) is 5.55. The first-order valence-electron chi connectivity index (χ1n) is 5.17. The number of carbonyl (C=O) groups excluding carboxylic acids is 1. The minimum atomic E-state index is -0.953. The lowest BCUT2D eigenvalue weighted by Crippen LogP contribution is -2.39. The van der Waals surface area contributed by atoms with Crippen molar-refractivity contribution in [3.8, 4) is 5.75 Å². The van der Waals surface area contributed by atoms with Crippen LogP contribution < -0.4 is 0 Å². The van der Waals surface area contributed by atoms with Gasteiger partial charge in [0.15, 0.2) is 0 Å². The molecule has 0 unspecified atom stereocenters. The summed E-state index contributed by atoms with van der Waals surface area (Å²) in [5, 5.41) is 19.0. The van der Waals surface area contributed by atoms with E-state index in [2.05, 4.69) is 0 Å². The maximum Gasteiger partial charge on any atom is 0.253 e.